The van der Waals surface area contributed by atoms with Crippen LogP contribution in [0.25, 0.3) is 11.2 Å². The molecule has 0 aliphatic heterocycles. The number of hydrogen-bond donors (Lipinski definition) is 2. The first-order chi connectivity index (χ1) is 7.78. The van der Waals surface area contributed by atoms with Gasteiger partial charge >= 0.3 is 0 Å². The summed E-state index contributed by atoms with van der Waals surface area (Å²) in [6.07, 6.45) is 3.19. The molecule has 0 amide bonds. The Morgan fingerprint density at radius 2 is 2.38 bits per heavy atom. The van der Waals surface area contributed by atoms with E-state index in [9.17, 15) is 5.11 Å². The normalized spacial score (nSPS) is 17.9. The fourth-order valence-electron chi connectivity index (χ4n) is 1.68. The zero-order valence-corrected chi connectivity index (χ0v) is 8.76. The first-order valence-electron chi connectivity index (χ1n) is 5.42. The topological polar surface area (TPSA) is 85.2 Å². The number of fused-ring (bicyclic) bond motifs is 1. The van der Waals surface area contributed by atoms with Crippen LogP contribution in [0.4, 0.5) is 0 Å². The second-order valence-electron chi connectivity index (χ2n) is 4.17. The minimum absolute atomic E-state index is 0.181. The Bertz CT molecular complexity index is 519. The molecule has 16 heavy (non-hydrogen) atoms. The zero-order valence-electron chi connectivity index (χ0n) is 8.76. The molecule has 3 rings (SSSR count). The van der Waals surface area contributed by atoms with E-state index in [1.54, 1.807) is 12.3 Å². The van der Waals surface area contributed by atoms with Crippen molar-refractivity contribution in [1.29, 1.82) is 0 Å². The van der Waals surface area contributed by atoms with Crippen LogP contribution in [0.2, 0.25) is 0 Å². The lowest BCUT2D eigenvalue weighted by molar-refractivity contribution is 0.186. The molecular formula is C11H13N3O2. The molecule has 5 nitrogen and oxygen atoms in total. The predicted molar refractivity (Wildman–Crippen MR) is 57.8 cm³/mol. The third-order valence-corrected chi connectivity index (χ3v) is 2.82. The molecule has 2 aromatic rings. The number of nitrogens with zero attached hydrogens (tertiary/aromatic N) is 2. The lowest BCUT2D eigenvalue weighted by Gasteiger charge is -2.05. The number of oxazole rings is 1. The van der Waals surface area contributed by atoms with Gasteiger partial charge in [0.05, 0.1) is 6.10 Å². The molecule has 1 fully saturated rings. The molecule has 0 aromatic carbocycles. The van der Waals surface area contributed by atoms with Crippen LogP contribution in [-0.2, 0) is 0 Å². The molecule has 1 unspecified atom stereocenters. The van der Waals surface area contributed by atoms with E-state index in [2.05, 4.69) is 9.97 Å². The van der Waals surface area contributed by atoms with E-state index in [1.807, 2.05) is 0 Å². The van der Waals surface area contributed by atoms with Crippen LogP contribution in [-0.4, -0.2) is 21.6 Å². The number of pyridine rings is 1. The van der Waals surface area contributed by atoms with Crippen LogP contribution in [0.15, 0.2) is 16.7 Å². The second-order valence-corrected chi connectivity index (χ2v) is 4.17. The average molecular weight is 219 g/mol. The van der Waals surface area contributed by atoms with Gasteiger partial charge in [0.15, 0.2) is 0 Å². The summed E-state index contributed by atoms with van der Waals surface area (Å²) in [5.41, 5.74) is 7.31. The van der Waals surface area contributed by atoms with E-state index in [0.717, 1.165) is 18.7 Å². The summed E-state index contributed by atoms with van der Waals surface area (Å²) >= 11 is 0. The number of nitrogens with two attached hydrogens (primary N) is 1. The van der Waals surface area contributed by atoms with Crippen molar-refractivity contribution in [2.45, 2.75) is 24.9 Å². The highest BCUT2D eigenvalue weighted by molar-refractivity contribution is 5.68. The number of aliphatic hydroxyl groups is 1. The average Bonchev–Trinajstić information content (AvgIpc) is 3.07. The van der Waals surface area contributed by atoms with Crippen molar-refractivity contribution in [3.8, 4) is 0 Å². The molecular weight excluding hydrogens is 206 g/mol. The molecule has 3 N–H and O–H groups in total. The largest absolute Gasteiger partial charge is 0.422 e. The van der Waals surface area contributed by atoms with Gasteiger partial charge in [-0.05, 0) is 18.9 Å². The van der Waals surface area contributed by atoms with Gasteiger partial charge in [0.2, 0.25) is 11.6 Å². The molecule has 1 aliphatic rings. The second kappa shape index (κ2) is 3.54. The summed E-state index contributed by atoms with van der Waals surface area (Å²) in [5, 5.41) is 9.59. The minimum Gasteiger partial charge on any atom is -0.422 e. The van der Waals surface area contributed by atoms with Crippen LogP contribution >= 0.6 is 0 Å². The van der Waals surface area contributed by atoms with E-state index in [-0.39, 0.29) is 6.54 Å². The quantitative estimate of drug-likeness (QED) is 0.807. The van der Waals surface area contributed by atoms with Gasteiger partial charge in [0.25, 0.3) is 0 Å². The summed E-state index contributed by atoms with van der Waals surface area (Å²) in [6.45, 7) is 0.181. The Hall–Kier alpha value is -1.46. The fourth-order valence-corrected chi connectivity index (χ4v) is 1.68. The van der Waals surface area contributed by atoms with Gasteiger partial charge in [-0.3, -0.25) is 0 Å². The van der Waals surface area contributed by atoms with E-state index in [1.165, 1.54) is 0 Å². The first kappa shape index (κ1) is 9.74. The molecule has 2 heterocycles. The van der Waals surface area contributed by atoms with Crippen molar-refractivity contribution in [3.63, 3.8) is 0 Å². The molecule has 0 bridgehead atoms. The Labute approximate surface area is 92.3 Å². The van der Waals surface area contributed by atoms with Crippen molar-refractivity contribution >= 4 is 11.2 Å². The number of aliphatic hydroxyl groups excluding tert-OH is 1. The maximum absolute atomic E-state index is 9.59. The van der Waals surface area contributed by atoms with Crippen molar-refractivity contribution < 1.29 is 9.52 Å². The summed E-state index contributed by atoms with van der Waals surface area (Å²) < 4.78 is 5.53. The van der Waals surface area contributed by atoms with Gasteiger partial charge in [-0.1, -0.05) is 0 Å². The van der Waals surface area contributed by atoms with E-state index in [0.29, 0.717) is 22.7 Å². The van der Waals surface area contributed by atoms with Crippen LogP contribution in [0.5, 0.6) is 0 Å². The predicted octanol–water partition coefficient (Wildman–Crippen LogP) is 1.09. The molecule has 0 radical (unpaired) electrons. The van der Waals surface area contributed by atoms with Crippen molar-refractivity contribution in [1.82, 2.24) is 9.97 Å². The van der Waals surface area contributed by atoms with Crippen LogP contribution in [0.1, 0.15) is 36.3 Å². The third-order valence-electron chi connectivity index (χ3n) is 2.82. The number of aromatic nitrogens is 2. The van der Waals surface area contributed by atoms with E-state index in [4.69, 9.17) is 10.2 Å². The van der Waals surface area contributed by atoms with Gasteiger partial charge in [0.1, 0.15) is 5.52 Å². The van der Waals surface area contributed by atoms with Crippen molar-refractivity contribution in [2.24, 2.45) is 5.73 Å². The monoisotopic (exact) mass is 219 g/mol. The smallest absolute Gasteiger partial charge is 0.246 e. The first-order valence-corrected chi connectivity index (χ1v) is 5.42. The molecule has 1 aliphatic carbocycles. The van der Waals surface area contributed by atoms with Gasteiger partial charge in [-0.15, -0.1) is 0 Å². The summed E-state index contributed by atoms with van der Waals surface area (Å²) in [6, 6.07) is 1.79. The van der Waals surface area contributed by atoms with E-state index < -0.39 is 6.10 Å². The molecule has 0 spiro atoms. The summed E-state index contributed by atoms with van der Waals surface area (Å²) in [5.74, 6) is 1.24. The lowest BCUT2D eigenvalue weighted by Crippen LogP contribution is -2.11. The maximum Gasteiger partial charge on any atom is 0.246 e. The Kier molecular flexibility index (Phi) is 2.15. The molecule has 0 saturated heterocycles. The Morgan fingerprint density at radius 1 is 1.56 bits per heavy atom. The highest BCUT2D eigenvalue weighted by Gasteiger charge is 2.29. The molecule has 1 atom stereocenters. The van der Waals surface area contributed by atoms with Crippen molar-refractivity contribution in [3.05, 3.63) is 23.7 Å². The SMILES string of the molecule is NCC(O)c1cnc2oc(C3CC3)nc2c1. The standard InChI is InChI=1S/C11H13N3O2/c12-4-9(15)7-3-8-11(13-5-7)16-10(14-8)6-1-2-6/h3,5-6,9,15H,1-2,4,12H2. The minimum atomic E-state index is -0.682. The van der Waals surface area contributed by atoms with Gasteiger partial charge in [0, 0.05) is 24.2 Å². The molecule has 84 valence electrons. The van der Waals surface area contributed by atoms with Crippen LogP contribution in [0.3, 0.4) is 0 Å². The lowest BCUT2D eigenvalue weighted by atomic mass is 10.1. The van der Waals surface area contributed by atoms with Gasteiger partial charge in [-0.2, -0.15) is 0 Å². The van der Waals surface area contributed by atoms with Gasteiger partial charge in [-0.25, -0.2) is 9.97 Å². The summed E-state index contributed by atoms with van der Waals surface area (Å²) in [7, 11) is 0. The van der Waals surface area contributed by atoms with Gasteiger partial charge < -0.3 is 15.3 Å². The Balaban J connectivity index is 2.02. The van der Waals surface area contributed by atoms with Crippen LogP contribution in [0, 0.1) is 0 Å². The maximum atomic E-state index is 9.59. The Morgan fingerprint density at radius 3 is 3.06 bits per heavy atom. The number of hydrogen-bond acceptors (Lipinski definition) is 5. The molecule has 5 heteroatoms. The third kappa shape index (κ3) is 1.58. The zero-order chi connectivity index (χ0) is 11.1. The van der Waals surface area contributed by atoms with Crippen molar-refractivity contribution in [2.75, 3.05) is 6.54 Å². The van der Waals surface area contributed by atoms with Crippen LogP contribution < -0.4 is 5.73 Å². The number of rotatable bonds is 3. The molecule has 1 saturated carbocycles. The fraction of sp³-hybridized carbons (Fsp3) is 0.455. The van der Waals surface area contributed by atoms with E-state index >= 15 is 0 Å². The highest BCUT2D eigenvalue weighted by Crippen LogP contribution is 2.40. The summed E-state index contributed by atoms with van der Waals surface area (Å²) in [4.78, 5) is 8.51. The molecule has 2 aromatic heterocycles. The highest BCUT2D eigenvalue weighted by atomic mass is 16.4.